The van der Waals surface area contributed by atoms with E-state index in [4.69, 9.17) is 5.11 Å². The molecular weight excluding hydrogens is 230 g/mol. The van der Waals surface area contributed by atoms with Crippen LogP contribution in [0.4, 0.5) is 0 Å². The van der Waals surface area contributed by atoms with E-state index in [1.807, 2.05) is 11.8 Å². The summed E-state index contributed by atoms with van der Waals surface area (Å²) in [5.74, 6) is 1.13. The van der Waals surface area contributed by atoms with Crippen LogP contribution in [0.1, 0.15) is 18.9 Å². The van der Waals surface area contributed by atoms with Gasteiger partial charge in [-0.25, -0.2) is 0 Å². The molecule has 2 nitrogen and oxygen atoms in total. The van der Waals surface area contributed by atoms with Crippen LogP contribution in [0.25, 0.3) is 0 Å². The van der Waals surface area contributed by atoms with Crippen molar-refractivity contribution >= 4 is 11.8 Å². The molecule has 1 N–H and O–H groups in total. The highest BCUT2D eigenvalue weighted by Gasteiger charge is 1.99. The van der Waals surface area contributed by atoms with Crippen molar-refractivity contribution in [2.24, 2.45) is 0 Å². The number of aliphatic hydroxyl groups is 1. The third-order valence-electron chi connectivity index (χ3n) is 2.71. The van der Waals surface area contributed by atoms with Gasteiger partial charge in [0, 0.05) is 24.6 Å². The Labute approximate surface area is 109 Å². The lowest BCUT2D eigenvalue weighted by atomic mass is 10.1. The van der Waals surface area contributed by atoms with E-state index in [1.54, 1.807) is 0 Å². The van der Waals surface area contributed by atoms with Crippen LogP contribution in [0.2, 0.25) is 0 Å². The van der Waals surface area contributed by atoms with Crippen molar-refractivity contribution in [3.8, 4) is 0 Å². The van der Waals surface area contributed by atoms with E-state index >= 15 is 0 Å². The largest absolute Gasteiger partial charge is 0.396 e. The van der Waals surface area contributed by atoms with Gasteiger partial charge in [-0.1, -0.05) is 19.1 Å². The average Bonchev–Trinajstić information content (AvgIpc) is 2.36. The molecule has 0 fully saturated rings. The molecule has 0 saturated carbocycles. The van der Waals surface area contributed by atoms with Gasteiger partial charge in [-0.3, -0.25) is 0 Å². The molecule has 0 aliphatic rings. The third-order valence-corrected chi connectivity index (χ3v) is 3.61. The number of rotatable bonds is 8. The van der Waals surface area contributed by atoms with E-state index in [1.165, 1.54) is 10.5 Å². The van der Waals surface area contributed by atoms with Crippen LogP contribution >= 0.6 is 11.8 Å². The zero-order chi connectivity index (χ0) is 12.5. The average molecular weight is 253 g/mol. The number of thioether (sulfide) groups is 1. The highest BCUT2D eigenvalue weighted by atomic mass is 32.2. The molecule has 0 aromatic heterocycles. The summed E-state index contributed by atoms with van der Waals surface area (Å²) >= 11 is 1.88. The van der Waals surface area contributed by atoms with E-state index in [9.17, 15) is 0 Å². The van der Waals surface area contributed by atoms with Gasteiger partial charge in [0.15, 0.2) is 0 Å². The van der Waals surface area contributed by atoms with Gasteiger partial charge < -0.3 is 10.0 Å². The molecule has 0 heterocycles. The Morgan fingerprint density at radius 1 is 1.18 bits per heavy atom. The summed E-state index contributed by atoms with van der Waals surface area (Å²) in [7, 11) is 2.11. The summed E-state index contributed by atoms with van der Waals surface area (Å²) in [6.07, 6.45) is 1.95. The zero-order valence-corrected chi connectivity index (χ0v) is 11.7. The molecular formula is C14H23NOS. The molecule has 96 valence electrons. The number of hydrogen-bond donors (Lipinski definition) is 1. The maximum atomic E-state index is 8.75. The Balaban J connectivity index is 2.31. The summed E-state index contributed by atoms with van der Waals surface area (Å²) in [6.45, 7) is 4.49. The molecule has 0 unspecified atom stereocenters. The SMILES string of the molecule is CCSc1ccc(CCN(C)CCCO)cc1. The van der Waals surface area contributed by atoms with Crippen molar-refractivity contribution in [3.63, 3.8) is 0 Å². The van der Waals surface area contributed by atoms with Gasteiger partial charge in [0.2, 0.25) is 0 Å². The third kappa shape index (κ3) is 6.10. The predicted molar refractivity (Wildman–Crippen MR) is 75.7 cm³/mol. The number of nitrogens with zero attached hydrogens (tertiary/aromatic N) is 1. The van der Waals surface area contributed by atoms with E-state index in [2.05, 4.69) is 43.1 Å². The quantitative estimate of drug-likeness (QED) is 0.721. The van der Waals surface area contributed by atoms with Crippen molar-refractivity contribution < 1.29 is 5.11 Å². The molecule has 1 aromatic carbocycles. The molecule has 0 aliphatic heterocycles. The lowest BCUT2D eigenvalue weighted by molar-refractivity contribution is 0.248. The first-order valence-corrected chi connectivity index (χ1v) is 7.26. The van der Waals surface area contributed by atoms with Crippen LogP contribution in [0.15, 0.2) is 29.2 Å². The van der Waals surface area contributed by atoms with Crippen LogP contribution < -0.4 is 0 Å². The highest BCUT2D eigenvalue weighted by molar-refractivity contribution is 7.99. The van der Waals surface area contributed by atoms with Gasteiger partial charge in [0.05, 0.1) is 0 Å². The van der Waals surface area contributed by atoms with Crippen LogP contribution in [-0.4, -0.2) is 42.5 Å². The molecule has 1 rings (SSSR count). The van der Waals surface area contributed by atoms with E-state index in [-0.39, 0.29) is 6.61 Å². The molecule has 0 aliphatic carbocycles. The number of likely N-dealkylation sites (N-methyl/N-ethyl adjacent to an activating group) is 1. The Morgan fingerprint density at radius 2 is 1.88 bits per heavy atom. The first-order chi connectivity index (χ1) is 8.26. The lowest BCUT2D eigenvalue weighted by Crippen LogP contribution is -2.23. The van der Waals surface area contributed by atoms with Gasteiger partial charge in [0.1, 0.15) is 0 Å². The predicted octanol–water partition coefficient (Wildman–Crippen LogP) is 2.66. The van der Waals surface area contributed by atoms with Gasteiger partial charge in [0.25, 0.3) is 0 Å². The minimum absolute atomic E-state index is 0.285. The van der Waals surface area contributed by atoms with E-state index in [0.717, 1.165) is 31.7 Å². The second-order valence-corrected chi connectivity index (χ2v) is 5.54. The summed E-state index contributed by atoms with van der Waals surface area (Å²) in [4.78, 5) is 3.62. The molecule has 0 saturated heterocycles. The Morgan fingerprint density at radius 3 is 2.47 bits per heavy atom. The highest BCUT2D eigenvalue weighted by Crippen LogP contribution is 2.17. The van der Waals surface area contributed by atoms with Crippen molar-refractivity contribution in [1.82, 2.24) is 4.90 Å². The van der Waals surface area contributed by atoms with Crippen molar-refractivity contribution in [2.75, 3.05) is 32.5 Å². The Bertz CT molecular complexity index is 300. The molecule has 0 atom stereocenters. The fraction of sp³-hybridized carbons (Fsp3) is 0.571. The van der Waals surface area contributed by atoms with Gasteiger partial charge in [-0.05, 0) is 43.3 Å². The lowest BCUT2D eigenvalue weighted by Gasteiger charge is -2.15. The molecule has 17 heavy (non-hydrogen) atoms. The molecule has 0 radical (unpaired) electrons. The summed E-state index contributed by atoms with van der Waals surface area (Å²) in [5, 5.41) is 8.75. The van der Waals surface area contributed by atoms with Crippen molar-refractivity contribution in [3.05, 3.63) is 29.8 Å². The molecule has 1 aromatic rings. The fourth-order valence-electron chi connectivity index (χ4n) is 1.69. The summed E-state index contributed by atoms with van der Waals surface area (Å²) in [6, 6.07) is 8.85. The second-order valence-electron chi connectivity index (χ2n) is 4.21. The van der Waals surface area contributed by atoms with Crippen LogP contribution in [0, 0.1) is 0 Å². The second kappa shape index (κ2) is 8.56. The van der Waals surface area contributed by atoms with E-state index in [0.29, 0.717) is 0 Å². The normalized spacial score (nSPS) is 11.1. The number of benzene rings is 1. The van der Waals surface area contributed by atoms with E-state index < -0.39 is 0 Å². The van der Waals surface area contributed by atoms with Crippen LogP contribution in [0.3, 0.4) is 0 Å². The zero-order valence-electron chi connectivity index (χ0n) is 10.9. The summed E-state index contributed by atoms with van der Waals surface area (Å²) < 4.78 is 0. The monoisotopic (exact) mass is 253 g/mol. The number of hydrogen-bond acceptors (Lipinski definition) is 3. The van der Waals surface area contributed by atoms with Crippen LogP contribution in [-0.2, 0) is 6.42 Å². The maximum Gasteiger partial charge on any atom is 0.0443 e. The maximum absolute atomic E-state index is 8.75. The van der Waals surface area contributed by atoms with Crippen molar-refractivity contribution in [1.29, 1.82) is 0 Å². The molecule has 0 spiro atoms. The Hall–Kier alpha value is -0.510. The number of aliphatic hydroxyl groups excluding tert-OH is 1. The molecule has 0 amide bonds. The van der Waals surface area contributed by atoms with Crippen molar-refractivity contribution in [2.45, 2.75) is 24.7 Å². The van der Waals surface area contributed by atoms with Gasteiger partial charge in [-0.2, -0.15) is 0 Å². The summed E-state index contributed by atoms with van der Waals surface area (Å²) in [5.41, 5.74) is 1.39. The smallest absolute Gasteiger partial charge is 0.0443 e. The standard InChI is InChI=1S/C14H23NOS/c1-3-17-14-7-5-13(6-8-14)9-11-15(2)10-4-12-16/h5-8,16H,3-4,9-12H2,1-2H3. The van der Waals surface area contributed by atoms with Gasteiger partial charge >= 0.3 is 0 Å². The first-order valence-electron chi connectivity index (χ1n) is 6.27. The topological polar surface area (TPSA) is 23.5 Å². The first kappa shape index (κ1) is 14.6. The van der Waals surface area contributed by atoms with Crippen LogP contribution in [0.5, 0.6) is 0 Å². The Kier molecular flexibility index (Phi) is 7.33. The fourth-order valence-corrected chi connectivity index (χ4v) is 2.35. The molecule has 3 heteroatoms. The molecule has 0 bridgehead atoms. The minimum Gasteiger partial charge on any atom is -0.396 e. The minimum atomic E-state index is 0.285. The van der Waals surface area contributed by atoms with Gasteiger partial charge in [-0.15, -0.1) is 11.8 Å².